The fourth-order valence-corrected chi connectivity index (χ4v) is 5.67. The van der Waals surface area contributed by atoms with Crippen molar-refractivity contribution < 1.29 is 38.8 Å². The molecule has 3 aromatic rings. The van der Waals surface area contributed by atoms with Crippen molar-refractivity contribution in [3.8, 4) is 23.0 Å². The lowest BCUT2D eigenvalue weighted by Gasteiger charge is -2.23. The number of cyclic esters (lactones) is 1. The molecule has 5 rings (SSSR count). The Hall–Kier alpha value is -4.86. The van der Waals surface area contributed by atoms with Gasteiger partial charge in [-0.05, 0) is 74.1 Å². The number of ketones is 1. The minimum Gasteiger partial charge on any atom is -0.507 e. The Morgan fingerprint density at radius 3 is 2.71 bits per heavy atom. The topological polar surface area (TPSA) is 144 Å². The Morgan fingerprint density at radius 1 is 1.07 bits per heavy atom. The van der Waals surface area contributed by atoms with E-state index in [4.69, 9.17) is 14.2 Å². The Morgan fingerprint density at radius 2 is 1.89 bits per heavy atom. The van der Waals surface area contributed by atoms with Crippen LogP contribution in [0.4, 0.5) is 0 Å². The molecule has 0 aliphatic carbocycles. The summed E-state index contributed by atoms with van der Waals surface area (Å²) in [7, 11) is 0. The number of carbonyl (C=O) groups excluding carboxylic acids is 3. The molecule has 3 heterocycles. The van der Waals surface area contributed by atoms with E-state index in [1.54, 1.807) is 43.5 Å². The molecule has 2 aliphatic heterocycles. The molecule has 0 spiro atoms. The molecule has 2 aromatic carbocycles. The average Bonchev–Trinajstić information content (AvgIpc) is 3.48. The maximum absolute atomic E-state index is 13.6. The summed E-state index contributed by atoms with van der Waals surface area (Å²) < 4.78 is 16.7. The molecule has 0 saturated carbocycles. The van der Waals surface area contributed by atoms with E-state index in [-0.39, 0.29) is 47.3 Å². The molecule has 1 unspecified atom stereocenters. The van der Waals surface area contributed by atoms with Gasteiger partial charge < -0.3 is 29.7 Å². The van der Waals surface area contributed by atoms with Crippen LogP contribution >= 0.6 is 0 Å². The smallest absolute Gasteiger partial charge is 0.342 e. The van der Waals surface area contributed by atoms with Crippen molar-refractivity contribution >= 4 is 23.7 Å². The molecule has 3 N–H and O–H groups in total. The van der Waals surface area contributed by atoms with Crippen LogP contribution in [-0.2, 0) is 20.7 Å². The normalized spacial score (nSPS) is 17.6. The second-order valence-electron chi connectivity index (χ2n) is 11.4. The number of pyridine rings is 1. The van der Waals surface area contributed by atoms with Gasteiger partial charge in [-0.25, -0.2) is 4.79 Å². The number of hydrogen-bond donors (Lipinski definition) is 3. The lowest BCUT2D eigenvalue weighted by molar-refractivity contribution is -0.121. The number of aromatic nitrogens is 1. The third-order valence-electron chi connectivity index (χ3n) is 8.02. The van der Waals surface area contributed by atoms with Crippen LogP contribution in [0.2, 0.25) is 0 Å². The minimum absolute atomic E-state index is 0.0252. The van der Waals surface area contributed by atoms with Gasteiger partial charge in [0.1, 0.15) is 22.8 Å². The monoisotopic (exact) mass is 614 g/mol. The first-order valence-corrected chi connectivity index (χ1v) is 15.3. The SMILES string of the molecule is C[C@H]1CCCC(=O)CCCC=Cc2cc(O)c(C(CC(=O)NCCc3ccccn3)c3ccc4c(c3)OCO4)c(O)c2C(=O)O1. The number of phenols is 2. The molecule has 10 heteroatoms. The van der Waals surface area contributed by atoms with Gasteiger partial charge in [0.2, 0.25) is 12.7 Å². The predicted molar refractivity (Wildman–Crippen MR) is 166 cm³/mol. The van der Waals surface area contributed by atoms with Crippen molar-refractivity contribution in [2.24, 2.45) is 0 Å². The number of ether oxygens (including phenoxy) is 3. The number of benzene rings is 2. The highest BCUT2D eigenvalue weighted by Gasteiger charge is 2.31. The van der Waals surface area contributed by atoms with Gasteiger partial charge >= 0.3 is 5.97 Å². The summed E-state index contributed by atoms with van der Waals surface area (Å²) in [5.41, 5.74) is 1.61. The number of phenolic OH excluding ortho intramolecular Hbond substituents is 2. The highest BCUT2D eigenvalue weighted by molar-refractivity contribution is 5.98. The highest BCUT2D eigenvalue weighted by atomic mass is 16.7. The van der Waals surface area contributed by atoms with Crippen LogP contribution < -0.4 is 14.8 Å². The quantitative estimate of drug-likeness (QED) is 0.290. The van der Waals surface area contributed by atoms with Crippen molar-refractivity contribution in [2.45, 2.75) is 70.3 Å². The molecule has 0 radical (unpaired) electrons. The first-order valence-electron chi connectivity index (χ1n) is 15.3. The van der Waals surface area contributed by atoms with Crippen molar-refractivity contribution in [3.63, 3.8) is 0 Å². The molecule has 0 saturated heterocycles. The Balaban J connectivity index is 1.50. The molecule has 2 atom stereocenters. The van der Waals surface area contributed by atoms with E-state index >= 15 is 0 Å². The van der Waals surface area contributed by atoms with E-state index in [0.29, 0.717) is 68.6 Å². The van der Waals surface area contributed by atoms with Gasteiger partial charge in [-0.15, -0.1) is 0 Å². The lowest BCUT2D eigenvalue weighted by Crippen LogP contribution is -2.27. The van der Waals surface area contributed by atoms with Gasteiger partial charge in [-0.1, -0.05) is 24.3 Å². The zero-order valence-corrected chi connectivity index (χ0v) is 25.3. The van der Waals surface area contributed by atoms with Crippen LogP contribution in [0.1, 0.15) is 90.5 Å². The summed E-state index contributed by atoms with van der Waals surface area (Å²) in [5.74, 6) is -1.48. The summed E-state index contributed by atoms with van der Waals surface area (Å²) in [6.45, 7) is 2.14. The van der Waals surface area contributed by atoms with E-state index in [1.807, 2.05) is 18.2 Å². The van der Waals surface area contributed by atoms with Gasteiger partial charge in [0.25, 0.3) is 0 Å². The van der Waals surface area contributed by atoms with E-state index in [9.17, 15) is 24.6 Å². The molecular weight excluding hydrogens is 576 g/mol. The zero-order valence-electron chi connectivity index (χ0n) is 25.3. The van der Waals surface area contributed by atoms with Gasteiger partial charge in [0, 0.05) is 55.6 Å². The molecular formula is C35H38N2O8. The first kappa shape index (κ1) is 31.6. The number of amides is 1. The average molecular weight is 615 g/mol. The highest BCUT2D eigenvalue weighted by Crippen LogP contribution is 2.46. The number of nitrogens with zero attached hydrogens (tertiary/aromatic N) is 1. The van der Waals surface area contributed by atoms with Gasteiger partial charge in [-0.2, -0.15) is 0 Å². The summed E-state index contributed by atoms with van der Waals surface area (Å²) >= 11 is 0. The maximum atomic E-state index is 13.6. The van der Waals surface area contributed by atoms with E-state index < -0.39 is 23.7 Å². The van der Waals surface area contributed by atoms with Crippen LogP contribution in [0, 0.1) is 0 Å². The predicted octanol–water partition coefficient (Wildman–Crippen LogP) is 5.58. The number of rotatable bonds is 7. The third-order valence-corrected chi connectivity index (χ3v) is 8.02. The van der Waals surface area contributed by atoms with Crippen molar-refractivity contribution in [1.29, 1.82) is 0 Å². The fourth-order valence-electron chi connectivity index (χ4n) is 5.67. The summed E-state index contributed by atoms with van der Waals surface area (Å²) in [5, 5.41) is 26.0. The molecule has 10 nitrogen and oxygen atoms in total. The Labute approximate surface area is 262 Å². The molecule has 0 bridgehead atoms. The van der Waals surface area contributed by atoms with Crippen molar-refractivity contribution in [3.05, 3.63) is 82.7 Å². The summed E-state index contributed by atoms with van der Waals surface area (Å²) in [6, 6.07) is 12.1. The standard InChI is InChI=1S/C35H38N2O8/c1-22-8-7-12-26(38)11-4-2-3-9-24-18-28(39)33(34(41)32(24)35(42)45-22)27(23-13-14-29-30(19-23)44-21-43-29)20-31(40)37-17-15-25-10-5-6-16-36-25/h3,5-6,9-10,13-14,16,18-19,22,27,39,41H,2,4,7-8,11-12,15,17,20-21H2,1H3,(H,37,40)/t22-,27?/m0/s1. The second kappa shape index (κ2) is 14.7. The number of aromatic hydroxyl groups is 2. The first-order chi connectivity index (χ1) is 21.8. The second-order valence-corrected chi connectivity index (χ2v) is 11.4. The van der Waals surface area contributed by atoms with Crippen molar-refractivity contribution in [2.75, 3.05) is 13.3 Å². The number of nitrogens with one attached hydrogen (secondary N) is 1. The van der Waals surface area contributed by atoms with Crippen LogP contribution in [0.25, 0.3) is 6.08 Å². The number of Topliss-reactive ketones (excluding diaryl/α,β-unsaturated/α-hetero) is 1. The number of allylic oxidation sites excluding steroid dienone is 1. The van der Waals surface area contributed by atoms with Crippen LogP contribution in [-0.4, -0.2) is 52.3 Å². The van der Waals surface area contributed by atoms with E-state index in [0.717, 1.165) is 5.69 Å². The van der Waals surface area contributed by atoms with Gasteiger partial charge in [-0.3, -0.25) is 14.6 Å². The number of fused-ring (bicyclic) bond motifs is 2. The number of hydrogen-bond acceptors (Lipinski definition) is 9. The van der Waals surface area contributed by atoms with Crippen LogP contribution in [0.3, 0.4) is 0 Å². The minimum atomic E-state index is -0.854. The Bertz CT molecular complexity index is 1570. The van der Waals surface area contributed by atoms with Crippen LogP contribution in [0.5, 0.6) is 23.0 Å². The molecule has 2 aliphatic rings. The molecule has 1 amide bonds. The summed E-state index contributed by atoms with van der Waals surface area (Å²) in [6.07, 6.45) is 8.22. The molecule has 1 aromatic heterocycles. The maximum Gasteiger partial charge on any atom is 0.342 e. The van der Waals surface area contributed by atoms with Gasteiger partial charge in [0.15, 0.2) is 11.5 Å². The van der Waals surface area contributed by atoms with Crippen LogP contribution in [0.15, 0.2) is 54.7 Å². The zero-order chi connectivity index (χ0) is 31.8. The molecule has 236 valence electrons. The fraction of sp³-hybridized carbons (Fsp3) is 0.371. The van der Waals surface area contributed by atoms with E-state index in [1.165, 1.54) is 6.07 Å². The third kappa shape index (κ3) is 8.00. The van der Waals surface area contributed by atoms with Gasteiger partial charge in [0.05, 0.1) is 6.10 Å². The van der Waals surface area contributed by atoms with E-state index in [2.05, 4.69) is 10.3 Å². The summed E-state index contributed by atoms with van der Waals surface area (Å²) in [4.78, 5) is 43.3. The van der Waals surface area contributed by atoms with Crippen molar-refractivity contribution in [1.82, 2.24) is 10.3 Å². The Kier molecular flexibility index (Phi) is 10.3. The number of esters is 1. The molecule has 0 fully saturated rings. The number of carbonyl (C=O) groups is 3. The largest absolute Gasteiger partial charge is 0.507 e. The molecule has 45 heavy (non-hydrogen) atoms. The lowest BCUT2D eigenvalue weighted by atomic mass is 9.84.